The van der Waals surface area contributed by atoms with Gasteiger partial charge in [-0.15, -0.1) is 0 Å². The summed E-state index contributed by atoms with van der Waals surface area (Å²) in [6.45, 7) is 4.45. The summed E-state index contributed by atoms with van der Waals surface area (Å²) in [5.74, 6) is 0.0405. The molecule has 4 nitrogen and oxygen atoms in total. The number of carbonyl (C=O) groups excluding carboxylic acids is 1. The molecule has 0 aliphatic heterocycles. The Hall–Kier alpha value is -1.81. The Kier molecular flexibility index (Phi) is 4.79. The lowest BCUT2D eigenvalue weighted by atomic mass is 10.2. The Morgan fingerprint density at radius 3 is 2.90 bits per heavy atom. The molecule has 2 N–H and O–H groups in total. The van der Waals surface area contributed by atoms with Crippen LogP contribution in [0.5, 0.6) is 0 Å². The number of nitrogens with zero attached hydrogens (tertiary/aromatic N) is 1. The molecular weight excluding hydrogens is 274 g/mol. The van der Waals surface area contributed by atoms with E-state index in [1.54, 1.807) is 6.20 Å². The van der Waals surface area contributed by atoms with Crippen molar-refractivity contribution in [3.8, 4) is 0 Å². The van der Waals surface area contributed by atoms with Crippen LogP contribution in [-0.4, -0.2) is 23.5 Å². The highest BCUT2D eigenvalue weighted by Gasteiger charge is 2.07. The smallest absolute Gasteiger partial charge is 0.221 e. The van der Waals surface area contributed by atoms with Crippen molar-refractivity contribution in [1.29, 1.82) is 0 Å². The standard InChI is InChI=1S/C15H18ClN3O/c1-10(2)19-14(20)7-9-17-13-6-5-12(16)11-4-3-8-18-15(11)13/h3-6,8,10,17H,7,9H2,1-2H3,(H,19,20). The molecule has 2 aromatic rings. The second-order valence-corrected chi connectivity index (χ2v) is 5.30. The summed E-state index contributed by atoms with van der Waals surface area (Å²) in [7, 11) is 0. The monoisotopic (exact) mass is 291 g/mol. The Balaban J connectivity index is 2.04. The summed E-state index contributed by atoms with van der Waals surface area (Å²) in [5, 5.41) is 7.68. The van der Waals surface area contributed by atoms with Crippen molar-refractivity contribution in [2.75, 3.05) is 11.9 Å². The van der Waals surface area contributed by atoms with E-state index in [1.807, 2.05) is 38.1 Å². The first kappa shape index (κ1) is 14.6. The number of pyridine rings is 1. The first-order valence-corrected chi connectivity index (χ1v) is 7.02. The maximum absolute atomic E-state index is 11.6. The minimum atomic E-state index is 0.0405. The van der Waals surface area contributed by atoms with Gasteiger partial charge in [0.05, 0.1) is 16.2 Å². The van der Waals surface area contributed by atoms with Gasteiger partial charge in [-0.1, -0.05) is 11.6 Å². The maximum atomic E-state index is 11.6. The first-order chi connectivity index (χ1) is 9.58. The third kappa shape index (κ3) is 3.61. The Labute approximate surface area is 123 Å². The summed E-state index contributed by atoms with van der Waals surface area (Å²) in [5.41, 5.74) is 1.71. The molecule has 1 aromatic heterocycles. The third-order valence-corrected chi connectivity index (χ3v) is 3.16. The predicted molar refractivity (Wildman–Crippen MR) is 83.1 cm³/mol. The number of hydrogen-bond acceptors (Lipinski definition) is 3. The van der Waals surface area contributed by atoms with E-state index in [0.717, 1.165) is 16.6 Å². The van der Waals surface area contributed by atoms with Crippen molar-refractivity contribution in [3.05, 3.63) is 35.5 Å². The molecule has 0 radical (unpaired) electrons. The van der Waals surface area contributed by atoms with Crippen LogP contribution in [0, 0.1) is 0 Å². The highest BCUT2D eigenvalue weighted by atomic mass is 35.5. The van der Waals surface area contributed by atoms with E-state index in [-0.39, 0.29) is 11.9 Å². The molecule has 0 spiro atoms. The van der Waals surface area contributed by atoms with E-state index < -0.39 is 0 Å². The molecule has 106 valence electrons. The summed E-state index contributed by atoms with van der Waals surface area (Å²) in [6.07, 6.45) is 2.16. The Morgan fingerprint density at radius 1 is 1.35 bits per heavy atom. The van der Waals surface area contributed by atoms with Gasteiger partial charge >= 0.3 is 0 Å². The van der Waals surface area contributed by atoms with Crippen molar-refractivity contribution in [2.24, 2.45) is 0 Å². The predicted octanol–water partition coefficient (Wildman–Crippen LogP) is 3.21. The molecular formula is C15H18ClN3O. The van der Waals surface area contributed by atoms with Gasteiger partial charge in [-0.25, -0.2) is 0 Å². The third-order valence-electron chi connectivity index (χ3n) is 2.83. The number of hydrogen-bond donors (Lipinski definition) is 2. The van der Waals surface area contributed by atoms with Crippen LogP contribution in [0.4, 0.5) is 5.69 Å². The zero-order valence-corrected chi connectivity index (χ0v) is 12.4. The molecule has 0 unspecified atom stereocenters. The second-order valence-electron chi connectivity index (χ2n) is 4.89. The number of nitrogens with one attached hydrogen (secondary N) is 2. The van der Waals surface area contributed by atoms with Crippen LogP contribution >= 0.6 is 11.6 Å². The SMILES string of the molecule is CC(C)NC(=O)CCNc1ccc(Cl)c2cccnc12. The molecule has 0 fully saturated rings. The van der Waals surface area contributed by atoms with Gasteiger partial charge < -0.3 is 10.6 Å². The normalized spacial score (nSPS) is 10.8. The van der Waals surface area contributed by atoms with Gasteiger partial charge in [0.2, 0.25) is 5.91 Å². The van der Waals surface area contributed by atoms with Gasteiger partial charge in [0.15, 0.2) is 0 Å². The molecule has 1 heterocycles. The van der Waals surface area contributed by atoms with Gasteiger partial charge in [-0.3, -0.25) is 9.78 Å². The number of aromatic nitrogens is 1. The minimum Gasteiger partial charge on any atom is -0.383 e. The van der Waals surface area contributed by atoms with Crippen molar-refractivity contribution in [3.63, 3.8) is 0 Å². The van der Waals surface area contributed by atoms with Crippen molar-refractivity contribution >= 4 is 34.1 Å². The number of anilines is 1. The summed E-state index contributed by atoms with van der Waals surface area (Å²) < 4.78 is 0. The number of halogens is 1. The molecule has 20 heavy (non-hydrogen) atoms. The second kappa shape index (κ2) is 6.57. The van der Waals surface area contributed by atoms with E-state index in [2.05, 4.69) is 15.6 Å². The quantitative estimate of drug-likeness (QED) is 0.889. The maximum Gasteiger partial charge on any atom is 0.221 e. The molecule has 1 amide bonds. The summed E-state index contributed by atoms with van der Waals surface area (Å²) in [6, 6.07) is 7.68. The highest BCUT2D eigenvalue weighted by molar-refractivity contribution is 6.35. The molecule has 0 aliphatic rings. The Morgan fingerprint density at radius 2 is 2.15 bits per heavy atom. The molecule has 0 saturated carbocycles. The first-order valence-electron chi connectivity index (χ1n) is 6.64. The van der Waals surface area contributed by atoms with E-state index in [1.165, 1.54) is 0 Å². The van der Waals surface area contributed by atoms with E-state index in [4.69, 9.17) is 11.6 Å². The van der Waals surface area contributed by atoms with Gasteiger partial charge in [0, 0.05) is 30.6 Å². The zero-order chi connectivity index (χ0) is 14.5. The van der Waals surface area contributed by atoms with Gasteiger partial charge in [0.25, 0.3) is 0 Å². The van der Waals surface area contributed by atoms with Crippen LogP contribution in [0.1, 0.15) is 20.3 Å². The van der Waals surface area contributed by atoms with Crippen LogP contribution in [0.15, 0.2) is 30.5 Å². The molecule has 1 aromatic carbocycles. The van der Waals surface area contributed by atoms with Crippen LogP contribution in [0.2, 0.25) is 5.02 Å². The van der Waals surface area contributed by atoms with Crippen molar-refractivity contribution < 1.29 is 4.79 Å². The topological polar surface area (TPSA) is 54.0 Å². The van der Waals surface area contributed by atoms with Crippen LogP contribution in [0.25, 0.3) is 10.9 Å². The van der Waals surface area contributed by atoms with Crippen LogP contribution < -0.4 is 10.6 Å². The molecule has 0 saturated heterocycles. The van der Waals surface area contributed by atoms with Gasteiger partial charge in [-0.05, 0) is 38.1 Å². The molecule has 0 atom stereocenters. The van der Waals surface area contributed by atoms with E-state index >= 15 is 0 Å². The van der Waals surface area contributed by atoms with Gasteiger partial charge in [-0.2, -0.15) is 0 Å². The minimum absolute atomic E-state index is 0.0405. The zero-order valence-electron chi connectivity index (χ0n) is 11.6. The number of fused-ring (bicyclic) bond motifs is 1. The van der Waals surface area contributed by atoms with Crippen LogP contribution in [0.3, 0.4) is 0 Å². The average molecular weight is 292 g/mol. The lowest BCUT2D eigenvalue weighted by molar-refractivity contribution is -0.121. The molecule has 0 aliphatic carbocycles. The Bertz CT molecular complexity index is 613. The number of amides is 1. The fourth-order valence-electron chi connectivity index (χ4n) is 1.99. The van der Waals surface area contributed by atoms with Crippen molar-refractivity contribution in [1.82, 2.24) is 10.3 Å². The average Bonchev–Trinajstić information content (AvgIpc) is 2.41. The number of carbonyl (C=O) groups is 1. The number of rotatable bonds is 5. The fraction of sp³-hybridized carbons (Fsp3) is 0.333. The largest absolute Gasteiger partial charge is 0.383 e. The lowest BCUT2D eigenvalue weighted by Gasteiger charge is -2.11. The van der Waals surface area contributed by atoms with Crippen molar-refractivity contribution in [2.45, 2.75) is 26.3 Å². The summed E-state index contributed by atoms with van der Waals surface area (Å²) >= 11 is 6.14. The highest BCUT2D eigenvalue weighted by Crippen LogP contribution is 2.27. The fourth-order valence-corrected chi connectivity index (χ4v) is 2.20. The molecule has 5 heteroatoms. The van der Waals surface area contributed by atoms with Gasteiger partial charge in [0.1, 0.15) is 0 Å². The number of benzene rings is 1. The van der Waals surface area contributed by atoms with E-state index in [9.17, 15) is 4.79 Å². The van der Waals surface area contributed by atoms with E-state index in [0.29, 0.717) is 18.0 Å². The lowest BCUT2D eigenvalue weighted by Crippen LogP contribution is -2.31. The molecule has 0 bridgehead atoms. The molecule has 2 rings (SSSR count). The van der Waals surface area contributed by atoms with Crippen LogP contribution in [-0.2, 0) is 4.79 Å². The summed E-state index contributed by atoms with van der Waals surface area (Å²) in [4.78, 5) is 15.9.